The molecule has 0 heterocycles. The van der Waals surface area contributed by atoms with Gasteiger partial charge < -0.3 is 0 Å². The maximum absolute atomic E-state index is 14.9. The van der Waals surface area contributed by atoms with Crippen molar-refractivity contribution >= 4 is 0 Å². The number of hydrogen-bond donors (Lipinski definition) is 0. The lowest BCUT2D eigenvalue weighted by Gasteiger charge is -2.34. The van der Waals surface area contributed by atoms with Crippen LogP contribution in [0.1, 0.15) is 63.5 Å². The maximum atomic E-state index is 14.9. The average molecular weight is 248 g/mol. The molecule has 18 heavy (non-hydrogen) atoms. The third kappa shape index (κ3) is 2.93. The molecule has 1 aliphatic rings. The number of alkyl halides is 1. The molecule has 0 nitrogen and oxygen atoms in total. The zero-order chi connectivity index (χ0) is 13.0. The van der Waals surface area contributed by atoms with E-state index in [2.05, 4.69) is 26.0 Å². The first kappa shape index (κ1) is 13.6. The Bertz CT molecular complexity index is 358. The Balaban J connectivity index is 2.06. The fourth-order valence-corrected chi connectivity index (χ4v) is 3.09. The molecule has 0 radical (unpaired) electrons. The van der Waals surface area contributed by atoms with E-state index in [-0.39, 0.29) is 0 Å². The second-order valence-electron chi connectivity index (χ2n) is 5.76. The molecule has 0 saturated heterocycles. The Hall–Kier alpha value is -0.850. The van der Waals surface area contributed by atoms with E-state index in [9.17, 15) is 4.39 Å². The van der Waals surface area contributed by atoms with Crippen molar-refractivity contribution in [2.24, 2.45) is 5.92 Å². The molecular weight excluding hydrogens is 223 g/mol. The molecule has 1 aliphatic carbocycles. The van der Waals surface area contributed by atoms with Crippen LogP contribution in [-0.4, -0.2) is 0 Å². The van der Waals surface area contributed by atoms with E-state index in [0.717, 1.165) is 37.2 Å². The fraction of sp³-hybridized carbons (Fsp3) is 0.647. The van der Waals surface area contributed by atoms with Crippen molar-refractivity contribution < 1.29 is 4.39 Å². The first-order valence-electron chi connectivity index (χ1n) is 7.46. The molecule has 0 bridgehead atoms. The molecule has 0 atom stereocenters. The van der Waals surface area contributed by atoms with Crippen molar-refractivity contribution in [3.63, 3.8) is 0 Å². The molecule has 0 aliphatic heterocycles. The number of benzene rings is 1. The molecule has 1 aromatic rings. The highest BCUT2D eigenvalue weighted by atomic mass is 19.1. The van der Waals surface area contributed by atoms with Crippen LogP contribution in [0.15, 0.2) is 24.3 Å². The van der Waals surface area contributed by atoms with E-state index in [4.69, 9.17) is 0 Å². The topological polar surface area (TPSA) is 0 Å². The highest BCUT2D eigenvalue weighted by molar-refractivity contribution is 5.28. The van der Waals surface area contributed by atoms with Crippen LogP contribution in [0.3, 0.4) is 0 Å². The molecular formula is C17H25F. The first-order valence-corrected chi connectivity index (χ1v) is 7.46. The van der Waals surface area contributed by atoms with Gasteiger partial charge in [-0.05, 0) is 49.1 Å². The third-order valence-electron chi connectivity index (χ3n) is 4.49. The van der Waals surface area contributed by atoms with E-state index >= 15 is 0 Å². The summed E-state index contributed by atoms with van der Waals surface area (Å²) in [5.41, 5.74) is 1.17. The minimum absolute atomic E-state index is 0.707. The smallest absolute Gasteiger partial charge is 0.136 e. The first-order chi connectivity index (χ1) is 8.68. The van der Waals surface area contributed by atoms with Crippen LogP contribution in [-0.2, 0) is 12.1 Å². The van der Waals surface area contributed by atoms with Gasteiger partial charge in [0, 0.05) is 0 Å². The van der Waals surface area contributed by atoms with Crippen molar-refractivity contribution in [2.45, 2.75) is 64.5 Å². The van der Waals surface area contributed by atoms with Crippen LogP contribution in [0.5, 0.6) is 0 Å². The van der Waals surface area contributed by atoms with Gasteiger partial charge >= 0.3 is 0 Å². The Morgan fingerprint density at radius 2 is 1.72 bits per heavy atom. The largest absolute Gasteiger partial charge is 0.239 e. The van der Waals surface area contributed by atoms with Gasteiger partial charge in [0.25, 0.3) is 0 Å². The van der Waals surface area contributed by atoms with E-state index in [0.29, 0.717) is 12.8 Å². The summed E-state index contributed by atoms with van der Waals surface area (Å²) < 4.78 is 14.9. The van der Waals surface area contributed by atoms with Gasteiger partial charge in [-0.25, -0.2) is 4.39 Å². The summed E-state index contributed by atoms with van der Waals surface area (Å²) in [6, 6.07) is 8.23. The molecule has 1 heteroatoms. The maximum Gasteiger partial charge on any atom is 0.136 e. The van der Waals surface area contributed by atoms with Crippen LogP contribution in [0.4, 0.5) is 4.39 Å². The lowest BCUT2D eigenvalue weighted by Crippen LogP contribution is -2.27. The zero-order valence-corrected chi connectivity index (χ0v) is 11.7. The quantitative estimate of drug-likeness (QED) is 0.669. The van der Waals surface area contributed by atoms with Crippen LogP contribution >= 0.6 is 0 Å². The summed E-state index contributed by atoms with van der Waals surface area (Å²) in [5, 5.41) is 0. The standard InChI is InChI=1S/C17H25F/c1-3-5-15-6-8-16(9-7-15)17(18)12-10-14(4-2)11-13-17/h6-9,14H,3-5,10-13H2,1-2H3. The number of hydrogen-bond acceptors (Lipinski definition) is 0. The van der Waals surface area contributed by atoms with Gasteiger partial charge in [0.15, 0.2) is 0 Å². The summed E-state index contributed by atoms with van der Waals surface area (Å²) in [5.74, 6) is 0.744. The van der Waals surface area contributed by atoms with Crippen LogP contribution in [0.2, 0.25) is 0 Å². The SMILES string of the molecule is CCCc1ccc(C2(F)CCC(CC)CC2)cc1. The summed E-state index contributed by atoms with van der Waals surface area (Å²) in [4.78, 5) is 0. The normalized spacial score (nSPS) is 28.3. The predicted molar refractivity (Wildman–Crippen MR) is 75.5 cm³/mol. The molecule has 100 valence electrons. The molecule has 0 N–H and O–H groups in total. The molecule has 2 rings (SSSR count). The Kier molecular flexibility index (Phi) is 4.42. The molecule has 0 aromatic heterocycles. The monoisotopic (exact) mass is 248 g/mol. The van der Waals surface area contributed by atoms with Crippen molar-refractivity contribution in [3.8, 4) is 0 Å². The van der Waals surface area contributed by atoms with E-state index in [1.54, 1.807) is 0 Å². The fourth-order valence-electron chi connectivity index (χ4n) is 3.09. The molecule has 1 aromatic carbocycles. The van der Waals surface area contributed by atoms with E-state index in [1.165, 1.54) is 12.0 Å². The molecule has 1 saturated carbocycles. The van der Waals surface area contributed by atoms with Gasteiger partial charge in [-0.15, -0.1) is 0 Å². The van der Waals surface area contributed by atoms with Crippen molar-refractivity contribution in [1.82, 2.24) is 0 Å². The van der Waals surface area contributed by atoms with E-state index < -0.39 is 5.67 Å². The number of aryl methyl sites for hydroxylation is 1. The minimum atomic E-state index is -1.06. The van der Waals surface area contributed by atoms with Crippen LogP contribution in [0, 0.1) is 5.92 Å². The third-order valence-corrected chi connectivity index (χ3v) is 4.49. The minimum Gasteiger partial charge on any atom is -0.239 e. The summed E-state index contributed by atoms with van der Waals surface area (Å²) >= 11 is 0. The highest BCUT2D eigenvalue weighted by Gasteiger charge is 2.36. The summed E-state index contributed by atoms with van der Waals surface area (Å²) in [6.45, 7) is 4.39. The lowest BCUT2D eigenvalue weighted by molar-refractivity contribution is 0.0807. The van der Waals surface area contributed by atoms with Crippen LogP contribution in [0.25, 0.3) is 0 Å². The van der Waals surface area contributed by atoms with Crippen molar-refractivity contribution in [1.29, 1.82) is 0 Å². The molecule has 1 fully saturated rings. The van der Waals surface area contributed by atoms with Gasteiger partial charge in [0.05, 0.1) is 0 Å². The Morgan fingerprint density at radius 1 is 1.11 bits per heavy atom. The van der Waals surface area contributed by atoms with Crippen molar-refractivity contribution in [3.05, 3.63) is 35.4 Å². The number of halogens is 1. The van der Waals surface area contributed by atoms with Crippen molar-refractivity contribution in [2.75, 3.05) is 0 Å². The highest BCUT2D eigenvalue weighted by Crippen LogP contribution is 2.43. The van der Waals surface area contributed by atoms with Crippen LogP contribution < -0.4 is 0 Å². The average Bonchev–Trinajstić information content (AvgIpc) is 2.41. The molecule has 0 unspecified atom stereocenters. The van der Waals surface area contributed by atoms with Gasteiger partial charge in [0.2, 0.25) is 0 Å². The van der Waals surface area contributed by atoms with E-state index in [1.807, 2.05) is 12.1 Å². The lowest BCUT2D eigenvalue weighted by atomic mass is 9.75. The molecule has 0 spiro atoms. The second kappa shape index (κ2) is 5.86. The second-order valence-corrected chi connectivity index (χ2v) is 5.76. The molecule has 0 amide bonds. The van der Waals surface area contributed by atoms with Gasteiger partial charge in [-0.2, -0.15) is 0 Å². The number of rotatable bonds is 4. The summed E-state index contributed by atoms with van der Waals surface area (Å²) in [7, 11) is 0. The zero-order valence-electron chi connectivity index (χ0n) is 11.7. The Labute approximate surface area is 111 Å². The van der Waals surface area contributed by atoms with Gasteiger partial charge in [-0.1, -0.05) is 51.0 Å². The Morgan fingerprint density at radius 3 is 2.22 bits per heavy atom. The van der Waals surface area contributed by atoms with Gasteiger partial charge in [-0.3, -0.25) is 0 Å². The van der Waals surface area contributed by atoms with Gasteiger partial charge in [0.1, 0.15) is 5.67 Å². The summed E-state index contributed by atoms with van der Waals surface area (Å²) in [6.07, 6.45) is 6.95. The predicted octanol–water partition coefficient (Wildman–Crippen LogP) is 5.40.